The van der Waals surface area contributed by atoms with Gasteiger partial charge in [-0.15, -0.1) is 0 Å². The molecule has 23 heavy (non-hydrogen) atoms. The third-order valence-corrected chi connectivity index (χ3v) is 7.07. The van der Waals surface area contributed by atoms with Gasteiger partial charge in [-0.05, 0) is 48.8 Å². The van der Waals surface area contributed by atoms with Gasteiger partial charge in [0.05, 0.1) is 12.2 Å². The predicted molar refractivity (Wildman–Crippen MR) is 79.7 cm³/mol. The molecule has 3 saturated carbocycles. The van der Waals surface area contributed by atoms with Crippen molar-refractivity contribution in [3.8, 4) is 0 Å². The molecule has 0 spiro atoms. The van der Waals surface area contributed by atoms with Gasteiger partial charge in [-0.25, -0.2) is 0 Å². The molecule has 6 rings (SSSR count). The van der Waals surface area contributed by atoms with Crippen LogP contribution in [0, 0.1) is 37.5 Å². The number of aryl methyl sites for hydroxylation is 2. The number of Topliss-reactive ketones (excluding diaryl/α,β-unsaturated/α-hetero) is 2. The smallest absolute Gasteiger partial charge is 0.186 e. The Hall–Kier alpha value is -1.52. The zero-order valence-electron chi connectivity index (χ0n) is 13.1. The lowest BCUT2D eigenvalue weighted by Gasteiger charge is -2.32. The molecule has 2 saturated heterocycles. The minimum Gasteiger partial charge on any atom is -0.369 e. The normalized spacial score (nSPS) is 51.3. The second-order valence-corrected chi connectivity index (χ2v) is 7.98. The Morgan fingerprint density at radius 2 is 1.78 bits per heavy atom. The molecule has 4 nitrogen and oxygen atoms in total. The number of hydrogen-bond donors (Lipinski definition) is 0. The van der Waals surface area contributed by atoms with E-state index in [1.165, 1.54) is 5.56 Å². The molecular weight excluding hydrogens is 292 g/mol. The third-order valence-electron chi connectivity index (χ3n) is 7.07. The fourth-order valence-corrected chi connectivity index (χ4v) is 5.74. The van der Waals surface area contributed by atoms with Crippen LogP contribution >= 0.6 is 0 Å². The summed E-state index contributed by atoms with van der Waals surface area (Å²) >= 11 is 0. The van der Waals surface area contributed by atoms with Crippen molar-refractivity contribution in [3.05, 3.63) is 34.9 Å². The fourth-order valence-electron chi connectivity index (χ4n) is 5.74. The zero-order chi connectivity index (χ0) is 15.7. The van der Waals surface area contributed by atoms with Crippen molar-refractivity contribution < 1.29 is 19.1 Å². The number of ketones is 2. The summed E-state index contributed by atoms with van der Waals surface area (Å²) in [5.74, 6) is 0.444. The fraction of sp³-hybridized carbons (Fsp3) is 0.579. The Labute approximate surface area is 134 Å². The van der Waals surface area contributed by atoms with Crippen molar-refractivity contribution in [2.75, 3.05) is 0 Å². The molecule has 5 fully saturated rings. The van der Waals surface area contributed by atoms with E-state index >= 15 is 0 Å². The van der Waals surface area contributed by atoms with Crippen LogP contribution in [0.4, 0.5) is 0 Å². The van der Waals surface area contributed by atoms with Crippen LogP contribution < -0.4 is 0 Å². The van der Waals surface area contributed by atoms with Crippen LogP contribution in [0.25, 0.3) is 0 Å². The monoisotopic (exact) mass is 310 g/mol. The number of fused-ring (bicyclic) bond motifs is 9. The molecule has 0 radical (unpaired) electrons. The van der Waals surface area contributed by atoms with Crippen LogP contribution in [0.1, 0.15) is 23.1 Å². The highest BCUT2D eigenvalue weighted by molar-refractivity contribution is 6.10. The summed E-state index contributed by atoms with van der Waals surface area (Å²) in [5, 5.41) is 0. The molecule has 0 unspecified atom stereocenters. The number of rotatable bonds is 1. The summed E-state index contributed by atoms with van der Waals surface area (Å²) in [6, 6.07) is 5.99. The van der Waals surface area contributed by atoms with Gasteiger partial charge in [-0.1, -0.05) is 18.2 Å². The first-order valence-corrected chi connectivity index (χ1v) is 8.53. The summed E-state index contributed by atoms with van der Waals surface area (Å²) in [6.07, 6.45) is 0.892. The lowest BCUT2D eigenvalue weighted by molar-refractivity contribution is -0.140. The molecular formula is C19H18O4. The Bertz CT molecular complexity index is 799. The Kier molecular flexibility index (Phi) is 2.01. The molecule has 2 heterocycles. The third kappa shape index (κ3) is 1.26. The van der Waals surface area contributed by atoms with Gasteiger partial charge < -0.3 is 9.47 Å². The van der Waals surface area contributed by atoms with Crippen LogP contribution in [0.5, 0.6) is 0 Å². The average molecular weight is 310 g/mol. The lowest BCUT2D eigenvalue weighted by atomic mass is 9.64. The first-order chi connectivity index (χ1) is 11.0. The van der Waals surface area contributed by atoms with Gasteiger partial charge in [0.15, 0.2) is 23.3 Å². The van der Waals surface area contributed by atoms with E-state index in [4.69, 9.17) is 9.47 Å². The van der Waals surface area contributed by atoms with E-state index in [9.17, 15) is 9.59 Å². The lowest BCUT2D eigenvalue weighted by Crippen LogP contribution is -2.50. The SMILES string of the molecule is Cc1ccc([C@]23O[C@@H]2C(=O)[C@@H]2[C@@H]4C[C@H]([C@H]5O[C@H]45)[C@@H]2C3=O)cc1C. The minimum atomic E-state index is -0.994. The van der Waals surface area contributed by atoms with E-state index in [2.05, 4.69) is 0 Å². The molecule has 1 aromatic rings. The van der Waals surface area contributed by atoms with Crippen LogP contribution in [0.2, 0.25) is 0 Å². The van der Waals surface area contributed by atoms with E-state index in [1.807, 2.05) is 32.0 Å². The Morgan fingerprint density at radius 3 is 2.52 bits per heavy atom. The van der Waals surface area contributed by atoms with Crippen LogP contribution in [0.3, 0.4) is 0 Å². The standard InChI is InChI=1S/C19H18O4/c1-7-3-4-9(5-8(7)2)19-17(21)13-11-6-10(15-16(11)22-15)12(13)14(20)18(19)23-19/h3-5,10-13,15-16,18H,6H2,1-2H3/t10-,11-,12+,13-,15+,16+,18+,19+/m0/s1. The molecule has 2 bridgehead atoms. The number of carbonyl (C=O) groups excluding carboxylic acids is 2. The second kappa shape index (κ2) is 3.60. The molecule has 118 valence electrons. The van der Waals surface area contributed by atoms with Crippen molar-refractivity contribution in [1.82, 2.24) is 0 Å². The van der Waals surface area contributed by atoms with Crippen LogP contribution in [0.15, 0.2) is 18.2 Å². The Morgan fingerprint density at radius 1 is 1.04 bits per heavy atom. The molecule has 5 aliphatic rings. The van der Waals surface area contributed by atoms with E-state index in [1.54, 1.807) is 0 Å². The highest BCUT2D eigenvalue weighted by Gasteiger charge is 2.81. The van der Waals surface area contributed by atoms with Crippen LogP contribution in [-0.2, 0) is 24.7 Å². The van der Waals surface area contributed by atoms with Crippen molar-refractivity contribution in [3.63, 3.8) is 0 Å². The molecule has 0 N–H and O–H groups in total. The van der Waals surface area contributed by atoms with E-state index in [0.717, 1.165) is 17.5 Å². The number of ether oxygens (including phenoxy) is 2. The maximum atomic E-state index is 13.3. The van der Waals surface area contributed by atoms with E-state index in [0.29, 0.717) is 0 Å². The molecule has 4 heteroatoms. The van der Waals surface area contributed by atoms with Crippen molar-refractivity contribution in [2.45, 2.75) is 44.2 Å². The number of carbonyl (C=O) groups is 2. The van der Waals surface area contributed by atoms with Gasteiger partial charge in [0, 0.05) is 11.8 Å². The molecule has 3 aliphatic carbocycles. The summed E-state index contributed by atoms with van der Waals surface area (Å²) < 4.78 is 11.5. The second-order valence-electron chi connectivity index (χ2n) is 7.98. The number of epoxide rings is 2. The van der Waals surface area contributed by atoms with Gasteiger partial charge >= 0.3 is 0 Å². The van der Waals surface area contributed by atoms with Gasteiger partial charge in [0.2, 0.25) is 0 Å². The minimum absolute atomic E-state index is 0.136. The van der Waals surface area contributed by atoms with E-state index < -0.39 is 11.7 Å². The first kappa shape index (κ1) is 12.8. The summed E-state index contributed by atoms with van der Waals surface area (Å²) in [7, 11) is 0. The zero-order valence-corrected chi connectivity index (χ0v) is 13.1. The Balaban J connectivity index is 1.47. The molecule has 0 aromatic heterocycles. The molecule has 8 atom stereocenters. The number of hydrogen-bond acceptors (Lipinski definition) is 4. The molecule has 2 aliphatic heterocycles. The van der Waals surface area contributed by atoms with E-state index in [-0.39, 0.29) is 47.4 Å². The number of benzene rings is 1. The van der Waals surface area contributed by atoms with Crippen molar-refractivity contribution in [2.24, 2.45) is 23.7 Å². The van der Waals surface area contributed by atoms with Gasteiger partial charge in [-0.3, -0.25) is 9.59 Å². The van der Waals surface area contributed by atoms with Gasteiger partial charge in [0.25, 0.3) is 0 Å². The summed E-state index contributed by atoms with van der Waals surface area (Å²) in [5.41, 5.74) is 2.18. The maximum absolute atomic E-state index is 13.3. The van der Waals surface area contributed by atoms with Crippen molar-refractivity contribution >= 4 is 11.6 Å². The highest BCUT2D eigenvalue weighted by Crippen LogP contribution is 2.68. The quantitative estimate of drug-likeness (QED) is 0.741. The topological polar surface area (TPSA) is 59.2 Å². The predicted octanol–water partition coefficient (Wildman–Crippen LogP) is 1.70. The summed E-state index contributed by atoms with van der Waals surface area (Å²) in [6.45, 7) is 4.08. The maximum Gasteiger partial charge on any atom is 0.186 e. The van der Waals surface area contributed by atoms with Crippen molar-refractivity contribution in [1.29, 1.82) is 0 Å². The molecule has 1 aromatic carbocycles. The summed E-state index contributed by atoms with van der Waals surface area (Å²) in [4.78, 5) is 26.3. The average Bonchev–Trinajstić information content (AvgIpc) is 3.43. The van der Waals surface area contributed by atoms with Gasteiger partial charge in [0.1, 0.15) is 0 Å². The largest absolute Gasteiger partial charge is 0.369 e. The van der Waals surface area contributed by atoms with Crippen LogP contribution in [-0.4, -0.2) is 29.9 Å². The first-order valence-electron chi connectivity index (χ1n) is 8.53. The highest BCUT2D eigenvalue weighted by atomic mass is 16.6. The van der Waals surface area contributed by atoms with Gasteiger partial charge in [-0.2, -0.15) is 0 Å². The molecule has 0 amide bonds.